The van der Waals surface area contributed by atoms with Crippen LogP contribution in [0.5, 0.6) is 0 Å². The molecule has 1 aromatic carbocycles. The number of aromatic nitrogens is 2. The molecule has 2 aromatic rings. The molecule has 0 bridgehead atoms. The summed E-state index contributed by atoms with van der Waals surface area (Å²) in [7, 11) is 0. The van der Waals surface area contributed by atoms with E-state index in [1.54, 1.807) is 10.7 Å². The van der Waals surface area contributed by atoms with E-state index in [-0.39, 0.29) is 29.4 Å². The monoisotopic (exact) mass is 376 g/mol. The number of nitrogens with zero attached hydrogens (tertiary/aromatic N) is 3. The number of nitrogens with one attached hydrogen (secondary N) is 1. The lowest BCUT2D eigenvalue weighted by Gasteiger charge is -2.38. The van der Waals surface area contributed by atoms with Crippen LogP contribution in [0.15, 0.2) is 29.1 Å². The summed E-state index contributed by atoms with van der Waals surface area (Å²) in [6, 6.07) is 7.36. The van der Waals surface area contributed by atoms with E-state index in [0.29, 0.717) is 30.4 Å². The number of piperidine rings is 1. The Balaban J connectivity index is 0.00000196. The Morgan fingerprint density at radius 1 is 1.23 bits per heavy atom. The quantitative estimate of drug-likeness (QED) is 0.871. The van der Waals surface area contributed by atoms with Gasteiger partial charge in [0.2, 0.25) is 5.43 Å². The minimum atomic E-state index is -0.256. The van der Waals surface area contributed by atoms with Crippen molar-refractivity contribution in [2.75, 3.05) is 26.2 Å². The van der Waals surface area contributed by atoms with E-state index in [9.17, 15) is 9.59 Å². The summed E-state index contributed by atoms with van der Waals surface area (Å²) in [5.41, 5.74) is 0.923. The van der Waals surface area contributed by atoms with Gasteiger partial charge in [0, 0.05) is 31.6 Å². The van der Waals surface area contributed by atoms with Crippen molar-refractivity contribution in [2.24, 2.45) is 5.41 Å². The van der Waals surface area contributed by atoms with E-state index < -0.39 is 0 Å². The van der Waals surface area contributed by atoms with Crippen LogP contribution in [0.4, 0.5) is 0 Å². The van der Waals surface area contributed by atoms with Gasteiger partial charge < -0.3 is 10.2 Å². The molecule has 1 aromatic heterocycles. The molecular formula is C19H25ClN4O2. The fraction of sp³-hybridized carbons (Fsp3) is 0.526. The molecule has 26 heavy (non-hydrogen) atoms. The minimum absolute atomic E-state index is 0. The first kappa shape index (κ1) is 18.9. The Morgan fingerprint density at radius 3 is 2.62 bits per heavy atom. The van der Waals surface area contributed by atoms with E-state index in [4.69, 9.17) is 0 Å². The smallest absolute Gasteiger partial charge is 0.278 e. The number of likely N-dealkylation sites (tertiary alicyclic amines) is 1. The second-order valence-corrected chi connectivity index (χ2v) is 7.23. The molecule has 6 nitrogen and oxygen atoms in total. The van der Waals surface area contributed by atoms with Crippen molar-refractivity contribution < 1.29 is 4.79 Å². The third-order valence-electron chi connectivity index (χ3n) is 5.81. The summed E-state index contributed by atoms with van der Waals surface area (Å²) >= 11 is 0. The number of aryl methyl sites for hydroxylation is 1. The Hall–Kier alpha value is -1.92. The maximum Gasteiger partial charge on any atom is 0.278 e. The van der Waals surface area contributed by atoms with Crippen molar-refractivity contribution >= 4 is 29.2 Å². The van der Waals surface area contributed by atoms with Gasteiger partial charge in [0.1, 0.15) is 0 Å². The van der Waals surface area contributed by atoms with Crippen molar-refractivity contribution in [3.8, 4) is 0 Å². The third-order valence-corrected chi connectivity index (χ3v) is 5.81. The molecule has 2 fully saturated rings. The number of carbonyl (C=O) groups is 1. The highest BCUT2D eigenvalue weighted by atomic mass is 35.5. The van der Waals surface area contributed by atoms with Crippen LogP contribution >= 0.6 is 12.4 Å². The molecule has 2 aliphatic heterocycles. The fourth-order valence-corrected chi connectivity index (χ4v) is 4.18. The number of hydrogen-bond donors (Lipinski definition) is 1. The molecule has 140 valence electrons. The number of amides is 1. The standard InChI is InChI=1S/C19H24N4O2.ClH/c1-2-23-15-6-4-3-5-14(15)17(24)16(21-23)18(25)22-11-8-19(9-12-22)7-10-20-13-19;/h3-6,20H,2,7-13H2,1H3;1H. The van der Waals surface area contributed by atoms with Crippen LogP contribution in [0.25, 0.3) is 10.9 Å². The molecule has 0 saturated carbocycles. The van der Waals surface area contributed by atoms with E-state index in [0.717, 1.165) is 31.4 Å². The number of fused-ring (bicyclic) bond motifs is 1. The van der Waals surface area contributed by atoms with Crippen molar-refractivity contribution in [3.63, 3.8) is 0 Å². The van der Waals surface area contributed by atoms with Crippen molar-refractivity contribution in [3.05, 3.63) is 40.2 Å². The highest BCUT2D eigenvalue weighted by Gasteiger charge is 2.38. The SMILES string of the molecule is CCn1nc(C(=O)N2CCC3(CCNC3)CC2)c(=O)c2ccccc21.Cl. The largest absolute Gasteiger partial charge is 0.337 e. The second-order valence-electron chi connectivity index (χ2n) is 7.23. The molecular weight excluding hydrogens is 352 g/mol. The van der Waals surface area contributed by atoms with Crippen molar-refractivity contribution in [1.82, 2.24) is 20.0 Å². The summed E-state index contributed by atoms with van der Waals surface area (Å²) in [4.78, 5) is 27.6. The zero-order chi connectivity index (χ0) is 17.4. The molecule has 2 saturated heterocycles. The molecule has 1 amide bonds. The highest BCUT2D eigenvalue weighted by Crippen LogP contribution is 2.37. The molecule has 0 unspecified atom stereocenters. The van der Waals surface area contributed by atoms with Gasteiger partial charge in [-0.1, -0.05) is 12.1 Å². The summed E-state index contributed by atoms with van der Waals surface area (Å²) in [5, 5.41) is 8.38. The summed E-state index contributed by atoms with van der Waals surface area (Å²) in [5.74, 6) is -0.223. The lowest BCUT2D eigenvalue weighted by Crippen LogP contribution is -2.45. The van der Waals surface area contributed by atoms with Gasteiger partial charge in [-0.3, -0.25) is 14.3 Å². The van der Waals surface area contributed by atoms with Gasteiger partial charge in [0.05, 0.1) is 5.52 Å². The minimum Gasteiger partial charge on any atom is -0.337 e. The van der Waals surface area contributed by atoms with Crippen molar-refractivity contribution in [2.45, 2.75) is 32.7 Å². The van der Waals surface area contributed by atoms with Gasteiger partial charge in [-0.25, -0.2) is 0 Å². The third kappa shape index (κ3) is 3.12. The number of rotatable bonds is 2. The maximum atomic E-state index is 13.0. The Labute approximate surface area is 159 Å². The first-order valence-electron chi connectivity index (χ1n) is 9.13. The van der Waals surface area contributed by atoms with E-state index in [1.165, 1.54) is 6.42 Å². The number of para-hydroxylation sites is 1. The summed E-state index contributed by atoms with van der Waals surface area (Å²) < 4.78 is 1.75. The van der Waals surface area contributed by atoms with Crippen LogP contribution < -0.4 is 10.7 Å². The van der Waals surface area contributed by atoms with Crippen LogP contribution in [-0.4, -0.2) is 46.8 Å². The van der Waals surface area contributed by atoms with Gasteiger partial charge in [-0.15, -0.1) is 12.4 Å². The first-order valence-corrected chi connectivity index (χ1v) is 9.13. The molecule has 2 aliphatic rings. The zero-order valence-corrected chi connectivity index (χ0v) is 15.8. The lowest BCUT2D eigenvalue weighted by molar-refractivity contribution is 0.0598. The maximum absolute atomic E-state index is 13.0. The Kier molecular flexibility index (Phi) is 5.34. The molecule has 0 radical (unpaired) electrons. The van der Waals surface area contributed by atoms with Crippen LogP contribution in [0.3, 0.4) is 0 Å². The molecule has 1 spiro atoms. The molecule has 7 heteroatoms. The van der Waals surface area contributed by atoms with Gasteiger partial charge in [0.15, 0.2) is 5.69 Å². The summed E-state index contributed by atoms with van der Waals surface area (Å²) in [6.45, 7) is 6.13. The zero-order valence-electron chi connectivity index (χ0n) is 15.0. The predicted octanol–water partition coefficient (Wildman–Crippen LogP) is 2.05. The number of benzene rings is 1. The van der Waals surface area contributed by atoms with Gasteiger partial charge in [0.25, 0.3) is 5.91 Å². The Bertz CT molecular complexity index is 863. The van der Waals surface area contributed by atoms with Gasteiger partial charge >= 0.3 is 0 Å². The highest BCUT2D eigenvalue weighted by molar-refractivity contribution is 5.95. The van der Waals surface area contributed by atoms with Crippen LogP contribution in [0.1, 0.15) is 36.7 Å². The number of hydrogen-bond acceptors (Lipinski definition) is 4. The van der Waals surface area contributed by atoms with Crippen LogP contribution in [-0.2, 0) is 6.54 Å². The summed E-state index contributed by atoms with van der Waals surface area (Å²) in [6.07, 6.45) is 3.19. The lowest BCUT2D eigenvalue weighted by atomic mass is 9.78. The van der Waals surface area contributed by atoms with E-state index >= 15 is 0 Å². The normalized spacial score (nSPS) is 18.9. The van der Waals surface area contributed by atoms with Gasteiger partial charge in [-0.05, 0) is 50.3 Å². The molecule has 3 heterocycles. The van der Waals surface area contributed by atoms with E-state index in [2.05, 4.69) is 10.4 Å². The Morgan fingerprint density at radius 2 is 1.96 bits per heavy atom. The average molecular weight is 377 g/mol. The average Bonchev–Trinajstić information content (AvgIpc) is 3.10. The first-order chi connectivity index (χ1) is 12.1. The molecule has 1 N–H and O–H groups in total. The predicted molar refractivity (Wildman–Crippen MR) is 104 cm³/mol. The van der Waals surface area contributed by atoms with Gasteiger partial charge in [-0.2, -0.15) is 5.10 Å². The molecule has 0 atom stereocenters. The molecule has 4 rings (SSSR count). The topological polar surface area (TPSA) is 67.2 Å². The van der Waals surface area contributed by atoms with Crippen LogP contribution in [0.2, 0.25) is 0 Å². The van der Waals surface area contributed by atoms with Crippen molar-refractivity contribution in [1.29, 1.82) is 0 Å². The van der Waals surface area contributed by atoms with E-state index in [1.807, 2.05) is 30.0 Å². The van der Waals surface area contributed by atoms with Crippen LogP contribution in [0, 0.1) is 5.41 Å². The number of halogens is 1. The fourth-order valence-electron chi connectivity index (χ4n) is 4.18. The number of carbonyl (C=O) groups excluding carboxylic acids is 1. The molecule has 0 aliphatic carbocycles. The second kappa shape index (κ2) is 7.37.